The van der Waals surface area contributed by atoms with Gasteiger partial charge in [-0.15, -0.1) is 0 Å². The molecule has 0 saturated carbocycles. The maximum atomic E-state index is 11.9. The van der Waals surface area contributed by atoms with Crippen molar-refractivity contribution < 1.29 is 9.59 Å². The van der Waals surface area contributed by atoms with E-state index in [1.807, 2.05) is 0 Å². The van der Waals surface area contributed by atoms with Crippen molar-refractivity contribution in [1.29, 1.82) is 0 Å². The topological polar surface area (TPSA) is 34.1 Å². The Labute approximate surface area is 121 Å². The second-order valence-corrected chi connectivity index (χ2v) is 37.9. The number of rotatable bonds is 6. The summed E-state index contributed by atoms with van der Waals surface area (Å²) >= 11 is 0.783. The van der Waals surface area contributed by atoms with Crippen molar-refractivity contribution in [2.45, 2.75) is 28.7 Å². The van der Waals surface area contributed by atoms with E-state index in [2.05, 4.69) is 13.2 Å². The number of hydrogen-bond donors (Lipinski definition) is 0. The molecule has 0 aromatic heterocycles. The van der Waals surface area contributed by atoms with Crippen LogP contribution in [0.1, 0.15) is 13.8 Å². The Bertz CT molecular complexity index is 340. The third-order valence-electron chi connectivity index (χ3n) is 1.95. The summed E-state index contributed by atoms with van der Waals surface area (Å²) in [5.74, 6) is 0. The molecule has 0 bridgehead atoms. The Hall–Kier alpha value is 0.898. The number of carbonyl (C=O) groups is 2. The molecule has 0 radical (unpaired) electrons. The van der Waals surface area contributed by atoms with Gasteiger partial charge >= 0.3 is 122 Å². The van der Waals surface area contributed by atoms with Crippen LogP contribution in [0.15, 0.2) is 24.3 Å². The van der Waals surface area contributed by atoms with Gasteiger partial charge in [0.15, 0.2) is 0 Å². The standard InChI is InChI=1S/C11H16O2Se4/c1-8(2)10(12)15-17(6-5-14-7-17)16-11(13)9(3)4/h1,3,5-7H2,2,4H3. The molecule has 0 unspecified atom stereocenters. The molecular weight excluding hydrogens is 480 g/mol. The summed E-state index contributed by atoms with van der Waals surface area (Å²) in [6.07, 6.45) is 0. The molecule has 6 heteroatoms. The van der Waals surface area contributed by atoms with E-state index >= 15 is 0 Å². The fourth-order valence-corrected chi connectivity index (χ4v) is 56.7. The zero-order valence-electron chi connectivity index (χ0n) is 9.99. The van der Waals surface area contributed by atoms with Gasteiger partial charge in [0, 0.05) is 0 Å². The Morgan fingerprint density at radius 2 is 1.59 bits per heavy atom. The molecule has 1 saturated heterocycles. The molecule has 1 heterocycles. The summed E-state index contributed by atoms with van der Waals surface area (Å²) in [6.45, 7) is 11.1. The van der Waals surface area contributed by atoms with Crippen LogP contribution in [0.2, 0.25) is 14.9 Å². The number of allylic oxidation sites excluding steroid dienone is 2. The van der Waals surface area contributed by atoms with Crippen molar-refractivity contribution in [3.8, 4) is 0 Å². The van der Waals surface area contributed by atoms with E-state index < -0.39 is 9.19 Å². The van der Waals surface area contributed by atoms with Gasteiger partial charge in [-0.1, -0.05) is 0 Å². The maximum absolute atomic E-state index is 11.9. The molecule has 0 atom stereocenters. The zero-order chi connectivity index (χ0) is 13.1. The van der Waals surface area contributed by atoms with Crippen molar-refractivity contribution >= 4 is 59.8 Å². The number of hydrogen-bond acceptors (Lipinski definition) is 2. The molecule has 0 aromatic rings. The molecule has 0 N–H and O–H groups in total. The van der Waals surface area contributed by atoms with Gasteiger partial charge in [0.05, 0.1) is 0 Å². The molecule has 1 aliphatic rings. The van der Waals surface area contributed by atoms with Crippen LogP contribution in [-0.4, -0.2) is 59.8 Å². The van der Waals surface area contributed by atoms with Crippen LogP contribution in [0.3, 0.4) is 0 Å². The van der Waals surface area contributed by atoms with E-state index in [1.54, 1.807) is 13.8 Å². The molecule has 0 spiro atoms. The Balaban J connectivity index is 2.76. The van der Waals surface area contributed by atoms with Crippen LogP contribution in [0.4, 0.5) is 0 Å². The molecule has 0 aromatic carbocycles. The second-order valence-electron chi connectivity index (χ2n) is 3.78. The van der Waals surface area contributed by atoms with Gasteiger partial charge in [0.2, 0.25) is 0 Å². The minimum atomic E-state index is -1.75. The summed E-state index contributed by atoms with van der Waals surface area (Å²) in [5.41, 5.74) is 1.36. The quantitative estimate of drug-likeness (QED) is 0.409. The first kappa shape index (κ1) is 16.0. The van der Waals surface area contributed by atoms with Crippen LogP contribution in [0.5, 0.6) is 0 Å². The third kappa shape index (κ3) is 4.82. The zero-order valence-corrected chi connectivity index (χ0v) is 16.8. The van der Waals surface area contributed by atoms with Gasteiger partial charge in [-0.05, 0) is 0 Å². The van der Waals surface area contributed by atoms with Gasteiger partial charge in [0.1, 0.15) is 0 Å². The van der Waals surface area contributed by atoms with Crippen molar-refractivity contribution in [2.75, 3.05) is 0 Å². The van der Waals surface area contributed by atoms with Crippen LogP contribution >= 0.6 is 0 Å². The minimum absolute atomic E-state index is 0.0473. The monoisotopic (exact) mass is 500 g/mol. The van der Waals surface area contributed by atoms with Crippen LogP contribution in [0.25, 0.3) is 0 Å². The Morgan fingerprint density at radius 1 is 1.12 bits per heavy atom. The van der Waals surface area contributed by atoms with Gasteiger partial charge in [0.25, 0.3) is 0 Å². The van der Waals surface area contributed by atoms with E-state index in [-0.39, 0.29) is 35.6 Å². The van der Waals surface area contributed by atoms with Crippen LogP contribution in [0, 0.1) is 0 Å². The third-order valence-corrected chi connectivity index (χ3v) is 48.4. The summed E-state index contributed by atoms with van der Waals surface area (Å²) in [6, 6.07) is 0. The van der Waals surface area contributed by atoms with Crippen molar-refractivity contribution in [3.05, 3.63) is 24.3 Å². The van der Waals surface area contributed by atoms with Gasteiger partial charge in [-0.3, -0.25) is 0 Å². The normalized spacial score (nSPS) is 19.6. The average Bonchev–Trinajstić information content (AvgIpc) is 2.66. The van der Waals surface area contributed by atoms with Crippen molar-refractivity contribution in [2.24, 2.45) is 0 Å². The summed E-state index contributed by atoms with van der Waals surface area (Å²) in [7, 11) is -1.75. The number of carbonyl (C=O) groups excluding carboxylic acids is 2. The molecule has 2 nitrogen and oxygen atoms in total. The van der Waals surface area contributed by atoms with Crippen LogP contribution < -0.4 is 0 Å². The van der Waals surface area contributed by atoms with Crippen molar-refractivity contribution in [3.63, 3.8) is 0 Å². The predicted molar refractivity (Wildman–Crippen MR) is 77.1 cm³/mol. The van der Waals surface area contributed by atoms with E-state index in [1.165, 1.54) is 14.9 Å². The average molecular weight is 496 g/mol. The van der Waals surface area contributed by atoms with E-state index in [0.717, 1.165) is 0 Å². The first-order chi connectivity index (χ1) is 7.86. The summed E-state index contributed by atoms with van der Waals surface area (Å²) in [4.78, 5) is 23.8. The fraction of sp³-hybridized carbons (Fsp3) is 0.455. The molecule has 17 heavy (non-hydrogen) atoms. The molecule has 0 amide bonds. The molecule has 1 fully saturated rings. The molecule has 1 rings (SSSR count). The molecule has 1 aliphatic heterocycles. The van der Waals surface area contributed by atoms with Gasteiger partial charge < -0.3 is 0 Å². The first-order valence-electron chi connectivity index (χ1n) is 5.01. The van der Waals surface area contributed by atoms with Gasteiger partial charge in [-0.25, -0.2) is 0 Å². The predicted octanol–water partition coefficient (Wildman–Crippen LogP) is 1.14. The Morgan fingerprint density at radius 3 is 1.88 bits per heavy atom. The molecular formula is C11H16O2Se4. The SMILES string of the molecule is C=C(C)C(=O)[Se][Se]1([Se]C(=O)C(=C)C)CC[Se]C1. The first-order valence-corrected chi connectivity index (χ1v) is 20.2. The Kier molecular flexibility index (Phi) is 6.47. The summed E-state index contributed by atoms with van der Waals surface area (Å²) < 4.78 is 1.76. The fourth-order valence-electron chi connectivity index (χ4n) is 0.997. The van der Waals surface area contributed by atoms with E-state index in [9.17, 15) is 9.59 Å². The van der Waals surface area contributed by atoms with Gasteiger partial charge in [-0.2, -0.15) is 0 Å². The van der Waals surface area contributed by atoms with Crippen LogP contribution in [-0.2, 0) is 9.59 Å². The molecule has 96 valence electrons. The van der Waals surface area contributed by atoms with Crippen molar-refractivity contribution in [1.82, 2.24) is 0 Å². The summed E-state index contributed by atoms with van der Waals surface area (Å²) in [5, 5.41) is 2.50. The second kappa shape index (κ2) is 6.89. The van der Waals surface area contributed by atoms with E-state index in [0.29, 0.717) is 26.1 Å². The molecule has 0 aliphatic carbocycles. The van der Waals surface area contributed by atoms with E-state index in [4.69, 9.17) is 0 Å².